The number of halogens is 2. The molecule has 9 heteroatoms. The number of carbonyl (C=O) groups excluding carboxylic acids is 2. The van der Waals surface area contributed by atoms with Crippen LogP contribution in [0.1, 0.15) is 109 Å². The van der Waals surface area contributed by atoms with Gasteiger partial charge in [0.25, 0.3) is 0 Å². The minimum Gasteiger partial charge on any atom is -0.462 e. The van der Waals surface area contributed by atoms with E-state index in [1.807, 2.05) is 29.2 Å². The molecule has 6 fully saturated rings. The van der Waals surface area contributed by atoms with Crippen LogP contribution in [0.25, 0.3) is 0 Å². The summed E-state index contributed by atoms with van der Waals surface area (Å²) in [5.74, 6) is 3.14. The number of rotatable bonds is 8. The average molecular weight is 833 g/mol. The number of amides is 1. The maximum Gasteiger partial charge on any atom is 0.306 e. The number of quaternary nitrogens is 1. The lowest BCUT2D eigenvalue weighted by Gasteiger charge is -2.58. The minimum atomic E-state index is -0.362. The standard InChI is InChI=1S/C49H65Cl2N2O5/c1-32-17-22-49(56-31-32)33(2)46-43(58-49)28-42-40-14-9-36-27-39(18-20-47(36,3)41(40)19-21-48(42,46)4)57-45(55)16-15-44(54)52-23-25-53(26-24-52,29-34-5-10-37(50)11-6-34)30-35-7-12-38(51)13-8-35/h5-13,32-33,39-43,46H,14-31H2,1-4H3/q+1/t32-,33+,39+,40-,41+,42+,43+,46+,47+,48+,49-/m1/s1. The Bertz CT molecular complexity index is 1820. The molecular weight excluding hydrogens is 767 g/mol. The third-order valence-electron chi connectivity index (χ3n) is 17.1. The predicted octanol–water partition coefficient (Wildman–Crippen LogP) is 10.4. The Hall–Kier alpha value is -2.42. The molecule has 9 rings (SSSR count). The molecule has 2 aromatic rings. The van der Waals surface area contributed by atoms with Crippen molar-refractivity contribution in [1.82, 2.24) is 4.90 Å². The SMILES string of the molecule is C[C@@H]1CC[C@@]2(OC1)O[C@H]1C[C@H]3[C@@H]4CC=C5C[C@@H](OC(=O)CCC(=O)N6CC[N+](Cc7ccc(Cl)cc7)(Cc7ccc(Cl)cc7)CC6)CC[C@]5(C)[C@H]4CC[C@]3(C)[C@H]1[C@@H]2C. The molecule has 7 aliphatic rings. The van der Waals surface area contributed by atoms with Gasteiger partial charge in [0, 0.05) is 46.4 Å². The number of ether oxygens (including phenoxy) is 3. The average Bonchev–Trinajstić information content (AvgIpc) is 3.66. The van der Waals surface area contributed by atoms with E-state index in [-0.39, 0.29) is 42.0 Å². The van der Waals surface area contributed by atoms with Gasteiger partial charge in [0.1, 0.15) is 19.2 Å². The van der Waals surface area contributed by atoms with Crippen LogP contribution in [0.5, 0.6) is 0 Å². The first kappa shape index (κ1) is 41.0. The zero-order chi connectivity index (χ0) is 40.5. The number of allylic oxidation sites excluding steroid dienone is 1. The van der Waals surface area contributed by atoms with E-state index in [1.54, 1.807) is 0 Å². The van der Waals surface area contributed by atoms with E-state index in [9.17, 15) is 9.59 Å². The summed E-state index contributed by atoms with van der Waals surface area (Å²) in [4.78, 5) is 28.7. The molecular formula is C49H65Cl2N2O5+. The highest BCUT2D eigenvalue weighted by atomic mass is 35.5. The Kier molecular flexibility index (Phi) is 11.2. The number of fused-ring (bicyclic) bond motifs is 7. The zero-order valence-corrected chi connectivity index (χ0v) is 36.7. The molecule has 1 amide bonds. The predicted molar refractivity (Wildman–Crippen MR) is 228 cm³/mol. The summed E-state index contributed by atoms with van der Waals surface area (Å²) >= 11 is 12.4. The summed E-state index contributed by atoms with van der Waals surface area (Å²) in [5.41, 5.74) is 4.44. The fourth-order valence-electron chi connectivity index (χ4n) is 13.8. The molecule has 0 unspecified atom stereocenters. The Balaban J connectivity index is 0.773. The summed E-state index contributed by atoms with van der Waals surface area (Å²) in [7, 11) is 0. The Morgan fingerprint density at radius 3 is 2.17 bits per heavy atom. The lowest BCUT2D eigenvalue weighted by Crippen LogP contribution is -2.59. The number of esters is 1. The largest absolute Gasteiger partial charge is 0.462 e. The number of hydrogen-bond acceptors (Lipinski definition) is 5. The van der Waals surface area contributed by atoms with Crippen molar-refractivity contribution in [2.24, 2.45) is 46.3 Å². The highest BCUT2D eigenvalue weighted by molar-refractivity contribution is 6.30. The third kappa shape index (κ3) is 7.50. The van der Waals surface area contributed by atoms with Crippen molar-refractivity contribution in [2.45, 2.75) is 129 Å². The van der Waals surface area contributed by atoms with Gasteiger partial charge >= 0.3 is 5.97 Å². The molecule has 7 nitrogen and oxygen atoms in total. The molecule has 2 aromatic carbocycles. The van der Waals surface area contributed by atoms with E-state index in [1.165, 1.54) is 42.4 Å². The van der Waals surface area contributed by atoms with Crippen molar-refractivity contribution in [3.63, 3.8) is 0 Å². The summed E-state index contributed by atoms with van der Waals surface area (Å²) < 4.78 is 20.5. The lowest BCUT2D eigenvalue weighted by molar-refractivity contribution is -0.956. The van der Waals surface area contributed by atoms with Gasteiger partial charge in [-0.1, -0.05) is 86.8 Å². The summed E-state index contributed by atoms with van der Waals surface area (Å²) in [6.45, 7) is 15.4. The van der Waals surface area contributed by atoms with Crippen molar-refractivity contribution < 1.29 is 28.3 Å². The second kappa shape index (κ2) is 15.8. The maximum atomic E-state index is 13.5. The van der Waals surface area contributed by atoms with Gasteiger partial charge in [-0.25, -0.2) is 0 Å². The van der Waals surface area contributed by atoms with Gasteiger partial charge < -0.3 is 23.6 Å². The van der Waals surface area contributed by atoms with Gasteiger partial charge in [-0.3, -0.25) is 9.59 Å². The normalized spacial score (nSPS) is 38.9. The van der Waals surface area contributed by atoms with Crippen LogP contribution in [0, 0.1) is 46.3 Å². The molecule has 3 saturated heterocycles. The number of benzene rings is 2. The van der Waals surface area contributed by atoms with Crippen LogP contribution in [0.4, 0.5) is 0 Å². The minimum absolute atomic E-state index is 0.0427. The fourth-order valence-corrected chi connectivity index (χ4v) is 14.1. The van der Waals surface area contributed by atoms with Crippen LogP contribution in [0.15, 0.2) is 60.2 Å². The van der Waals surface area contributed by atoms with Gasteiger partial charge in [-0.05, 0) is 110 Å². The maximum absolute atomic E-state index is 13.5. The second-order valence-electron chi connectivity index (χ2n) is 20.4. The number of piperazine rings is 1. The quantitative estimate of drug-likeness (QED) is 0.151. The molecule has 0 N–H and O–H groups in total. The molecule has 3 heterocycles. The first-order valence-electron chi connectivity index (χ1n) is 22.6. The molecule has 314 valence electrons. The molecule has 1 spiro atoms. The first-order chi connectivity index (χ1) is 27.8. The van der Waals surface area contributed by atoms with Crippen LogP contribution < -0.4 is 0 Å². The number of nitrogens with zero attached hydrogens (tertiary/aromatic N) is 2. The number of carbonyl (C=O) groups is 2. The van der Waals surface area contributed by atoms with E-state index in [4.69, 9.17) is 37.4 Å². The molecule has 4 aliphatic carbocycles. The third-order valence-corrected chi connectivity index (χ3v) is 17.6. The fraction of sp³-hybridized carbons (Fsp3) is 0.673. The summed E-state index contributed by atoms with van der Waals surface area (Å²) in [6.07, 6.45) is 13.0. The van der Waals surface area contributed by atoms with Crippen LogP contribution in [0.3, 0.4) is 0 Å². The van der Waals surface area contributed by atoms with E-state index in [2.05, 4.69) is 58.0 Å². The van der Waals surface area contributed by atoms with Gasteiger partial charge in [-0.2, -0.15) is 0 Å². The topological polar surface area (TPSA) is 65.1 Å². The second-order valence-corrected chi connectivity index (χ2v) is 21.2. The lowest BCUT2D eigenvalue weighted by atomic mass is 9.47. The van der Waals surface area contributed by atoms with Gasteiger partial charge in [0.2, 0.25) is 5.91 Å². The first-order valence-corrected chi connectivity index (χ1v) is 23.4. The highest BCUT2D eigenvalue weighted by Gasteiger charge is 2.68. The van der Waals surface area contributed by atoms with Crippen molar-refractivity contribution in [2.75, 3.05) is 32.8 Å². The van der Waals surface area contributed by atoms with E-state index in [0.717, 1.165) is 79.4 Å². The highest BCUT2D eigenvalue weighted by Crippen LogP contribution is 2.70. The Morgan fingerprint density at radius 2 is 1.53 bits per heavy atom. The molecule has 11 atom stereocenters. The Morgan fingerprint density at radius 1 is 0.862 bits per heavy atom. The van der Waals surface area contributed by atoms with Gasteiger partial charge in [0.15, 0.2) is 5.79 Å². The molecule has 3 saturated carbocycles. The molecule has 3 aliphatic heterocycles. The van der Waals surface area contributed by atoms with Gasteiger partial charge in [0.05, 0.1) is 45.3 Å². The Labute approximate surface area is 356 Å². The zero-order valence-electron chi connectivity index (χ0n) is 35.2. The molecule has 58 heavy (non-hydrogen) atoms. The molecule has 0 bridgehead atoms. The summed E-state index contributed by atoms with van der Waals surface area (Å²) in [5, 5.41) is 1.46. The molecule has 0 radical (unpaired) electrons. The monoisotopic (exact) mass is 831 g/mol. The summed E-state index contributed by atoms with van der Waals surface area (Å²) in [6, 6.07) is 16.2. The van der Waals surface area contributed by atoms with E-state index < -0.39 is 0 Å². The van der Waals surface area contributed by atoms with Crippen LogP contribution in [-0.4, -0.2) is 72.0 Å². The van der Waals surface area contributed by atoms with Crippen LogP contribution >= 0.6 is 23.2 Å². The van der Waals surface area contributed by atoms with Gasteiger partial charge in [-0.15, -0.1) is 0 Å². The van der Waals surface area contributed by atoms with Crippen LogP contribution in [0.2, 0.25) is 10.0 Å². The smallest absolute Gasteiger partial charge is 0.306 e. The van der Waals surface area contributed by atoms with E-state index >= 15 is 0 Å². The molecule has 0 aromatic heterocycles. The van der Waals surface area contributed by atoms with Crippen molar-refractivity contribution in [1.29, 1.82) is 0 Å². The van der Waals surface area contributed by atoms with Crippen molar-refractivity contribution >= 4 is 35.1 Å². The van der Waals surface area contributed by atoms with Crippen molar-refractivity contribution in [3.05, 3.63) is 81.4 Å². The number of hydrogen-bond donors (Lipinski definition) is 0. The van der Waals surface area contributed by atoms with E-state index in [0.29, 0.717) is 60.1 Å². The van der Waals surface area contributed by atoms with Crippen LogP contribution in [-0.2, 0) is 36.9 Å². The van der Waals surface area contributed by atoms with Crippen molar-refractivity contribution in [3.8, 4) is 0 Å².